The topological polar surface area (TPSA) is 49.9 Å². The minimum absolute atomic E-state index is 0.0364. The summed E-state index contributed by atoms with van der Waals surface area (Å²) in [5.41, 5.74) is 3.88. The van der Waals surface area contributed by atoms with E-state index in [1.807, 2.05) is 0 Å². The van der Waals surface area contributed by atoms with Crippen molar-refractivity contribution in [1.82, 2.24) is 9.80 Å². The molecule has 0 bridgehead atoms. The largest absolute Gasteiger partial charge is 0.459 e. The van der Waals surface area contributed by atoms with Crippen LogP contribution in [0.1, 0.15) is 49.4 Å². The van der Waals surface area contributed by atoms with Crippen LogP contribution in [0.4, 0.5) is 0 Å². The van der Waals surface area contributed by atoms with Crippen molar-refractivity contribution in [2.45, 2.75) is 45.7 Å². The highest BCUT2D eigenvalue weighted by molar-refractivity contribution is 6.32. The number of likely N-dealkylation sites (N-methyl/N-ethyl adjacent to an activating group) is 1. The zero-order valence-corrected chi connectivity index (χ0v) is 15.5. The number of carbonyl (C=O) groups is 2. The minimum atomic E-state index is -0.737. The number of benzene rings is 1. The molecule has 1 aromatic carbocycles. The Bertz CT molecular complexity index is 658. The molecular weight excluding hydrogens is 316 g/mol. The number of hydrogen-bond acceptors (Lipinski definition) is 4. The van der Waals surface area contributed by atoms with Gasteiger partial charge in [0, 0.05) is 19.6 Å². The lowest BCUT2D eigenvalue weighted by atomic mass is 9.87. The van der Waals surface area contributed by atoms with Crippen molar-refractivity contribution in [3.63, 3.8) is 0 Å². The summed E-state index contributed by atoms with van der Waals surface area (Å²) in [6.45, 7) is 6.72. The zero-order valence-electron chi connectivity index (χ0n) is 15.5. The normalized spacial score (nSPS) is 23.9. The number of carbonyl (C=O) groups excluding carboxylic acids is 2. The van der Waals surface area contributed by atoms with Gasteiger partial charge in [-0.05, 0) is 55.8 Å². The standard InChI is InChI=1S/C20H28N2O3/c1-4-25-20(24)19(23)22-12-14(2)5-8-18(22)16-7-6-15-9-10-21(3)13-17(15)11-16/h6-7,11,14,18H,4-5,8-10,12-13H2,1-3H3/t14-,18+/m0/s1. The second-order valence-electron chi connectivity index (χ2n) is 7.39. The van der Waals surface area contributed by atoms with Gasteiger partial charge >= 0.3 is 11.9 Å². The van der Waals surface area contributed by atoms with E-state index in [0.29, 0.717) is 12.5 Å². The van der Waals surface area contributed by atoms with Crippen molar-refractivity contribution >= 4 is 11.9 Å². The molecule has 2 atom stereocenters. The molecule has 3 rings (SSSR count). The molecule has 2 aliphatic rings. The molecule has 0 aliphatic carbocycles. The van der Waals surface area contributed by atoms with E-state index in [1.165, 1.54) is 11.1 Å². The van der Waals surface area contributed by atoms with Crippen molar-refractivity contribution in [2.24, 2.45) is 5.92 Å². The number of esters is 1. The fraction of sp³-hybridized carbons (Fsp3) is 0.600. The Hall–Kier alpha value is -1.88. The van der Waals surface area contributed by atoms with Gasteiger partial charge in [-0.1, -0.05) is 25.1 Å². The van der Waals surface area contributed by atoms with E-state index in [4.69, 9.17) is 4.74 Å². The van der Waals surface area contributed by atoms with Crippen LogP contribution in [0.15, 0.2) is 18.2 Å². The van der Waals surface area contributed by atoms with Crippen LogP contribution in [0.3, 0.4) is 0 Å². The molecular formula is C20H28N2O3. The maximum absolute atomic E-state index is 12.6. The molecule has 0 spiro atoms. The highest BCUT2D eigenvalue weighted by Crippen LogP contribution is 2.35. The van der Waals surface area contributed by atoms with E-state index < -0.39 is 11.9 Å². The molecule has 5 nitrogen and oxygen atoms in total. The number of likely N-dealkylation sites (tertiary alicyclic amines) is 1. The summed E-state index contributed by atoms with van der Waals surface area (Å²) in [4.78, 5) is 28.6. The first kappa shape index (κ1) is 17.9. The van der Waals surface area contributed by atoms with E-state index in [9.17, 15) is 9.59 Å². The first-order valence-corrected chi connectivity index (χ1v) is 9.27. The SMILES string of the molecule is CCOC(=O)C(=O)N1C[C@@H](C)CC[C@@H]1c1ccc2c(c1)CN(C)CC2. The van der Waals surface area contributed by atoms with Gasteiger partial charge < -0.3 is 14.5 Å². The molecule has 0 saturated carbocycles. The quantitative estimate of drug-likeness (QED) is 0.611. The number of rotatable bonds is 2. The van der Waals surface area contributed by atoms with Crippen molar-refractivity contribution < 1.29 is 14.3 Å². The number of ether oxygens (including phenoxy) is 1. The van der Waals surface area contributed by atoms with Crippen LogP contribution < -0.4 is 0 Å². The number of fused-ring (bicyclic) bond motifs is 1. The first-order chi connectivity index (χ1) is 12.0. The average Bonchev–Trinajstić information content (AvgIpc) is 2.60. The Morgan fingerprint density at radius 3 is 2.80 bits per heavy atom. The lowest BCUT2D eigenvalue weighted by Gasteiger charge is -2.39. The van der Waals surface area contributed by atoms with Crippen LogP contribution in [0.2, 0.25) is 0 Å². The Morgan fingerprint density at radius 2 is 2.04 bits per heavy atom. The molecule has 1 amide bonds. The van der Waals surface area contributed by atoms with Gasteiger partial charge in [-0.3, -0.25) is 4.79 Å². The summed E-state index contributed by atoms with van der Waals surface area (Å²) in [7, 11) is 2.13. The second kappa shape index (κ2) is 7.56. The monoisotopic (exact) mass is 344 g/mol. The van der Waals surface area contributed by atoms with Crippen molar-refractivity contribution in [1.29, 1.82) is 0 Å². The summed E-state index contributed by atoms with van der Waals surface area (Å²) in [6, 6.07) is 6.53. The first-order valence-electron chi connectivity index (χ1n) is 9.27. The fourth-order valence-corrected chi connectivity index (χ4v) is 3.96. The molecule has 0 unspecified atom stereocenters. The Balaban J connectivity index is 1.86. The third-order valence-corrected chi connectivity index (χ3v) is 5.35. The van der Waals surface area contributed by atoms with Gasteiger partial charge in [-0.15, -0.1) is 0 Å². The molecule has 5 heteroatoms. The highest BCUT2D eigenvalue weighted by atomic mass is 16.5. The number of piperidine rings is 1. The summed E-state index contributed by atoms with van der Waals surface area (Å²) in [5, 5.41) is 0. The van der Waals surface area contributed by atoms with E-state index in [1.54, 1.807) is 11.8 Å². The van der Waals surface area contributed by atoms with E-state index in [-0.39, 0.29) is 12.6 Å². The Kier molecular flexibility index (Phi) is 5.42. The van der Waals surface area contributed by atoms with Crippen LogP contribution in [0, 0.1) is 5.92 Å². The molecule has 0 aromatic heterocycles. The predicted octanol–water partition coefficient (Wildman–Crippen LogP) is 2.54. The maximum Gasteiger partial charge on any atom is 0.397 e. The number of nitrogens with zero attached hydrogens (tertiary/aromatic N) is 2. The molecule has 2 heterocycles. The summed E-state index contributed by atoms with van der Waals surface area (Å²) >= 11 is 0. The summed E-state index contributed by atoms with van der Waals surface area (Å²) in [5.74, 6) is -0.842. The minimum Gasteiger partial charge on any atom is -0.459 e. The van der Waals surface area contributed by atoms with Crippen molar-refractivity contribution in [3.05, 3.63) is 34.9 Å². The van der Waals surface area contributed by atoms with E-state index in [2.05, 4.69) is 37.1 Å². The molecule has 0 radical (unpaired) electrons. The van der Waals surface area contributed by atoms with E-state index >= 15 is 0 Å². The van der Waals surface area contributed by atoms with Crippen molar-refractivity contribution in [2.75, 3.05) is 26.7 Å². The van der Waals surface area contributed by atoms with Gasteiger partial charge in [-0.2, -0.15) is 0 Å². The molecule has 25 heavy (non-hydrogen) atoms. The third-order valence-electron chi connectivity index (χ3n) is 5.35. The maximum atomic E-state index is 12.6. The smallest absolute Gasteiger partial charge is 0.397 e. The summed E-state index contributed by atoms with van der Waals surface area (Å²) < 4.78 is 4.94. The Labute approximate surface area is 149 Å². The molecule has 2 aliphatic heterocycles. The molecule has 0 N–H and O–H groups in total. The average molecular weight is 344 g/mol. The van der Waals surface area contributed by atoms with E-state index in [0.717, 1.165) is 37.9 Å². The molecule has 1 aromatic rings. The van der Waals surface area contributed by atoms with Crippen LogP contribution in [0.25, 0.3) is 0 Å². The molecule has 1 saturated heterocycles. The predicted molar refractivity (Wildman–Crippen MR) is 96.0 cm³/mol. The van der Waals surface area contributed by atoms with Gasteiger partial charge in [0.15, 0.2) is 0 Å². The zero-order chi connectivity index (χ0) is 18.0. The highest BCUT2D eigenvalue weighted by Gasteiger charge is 2.35. The second-order valence-corrected chi connectivity index (χ2v) is 7.39. The van der Waals surface area contributed by atoms with Gasteiger partial charge in [0.05, 0.1) is 12.6 Å². The number of hydrogen-bond donors (Lipinski definition) is 0. The van der Waals surface area contributed by atoms with Gasteiger partial charge in [0.1, 0.15) is 0 Å². The lowest BCUT2D eigenvalue weighted by Crippen LogP contribution is -2.45. The number of amides is 1. The summed E-state index contributed by atoms with van der Waals surface area (Å²) in [6.07, 6.45) is 3.02. The van der Waals surface area contributed by atoms with Crippen LogP contribution in [-0.2, 0) is 27.3 Å². The van der Waals surface area contributed by atoms with Gasteiger partial charge in [-0.25, -0.2) is 4.79 Å². The van der Waals surface area contributed by atoms with Crippen LogP contribution in [0.5, 0.6) is 0 Å². The third kappa shape index (κ3) is 3.87. The Morgan fingerprint density at radius 1 is 1.24 bits per heavy atom. The fourth-order valence-electron chi connectivity index (χ4n) is 3.96. The van der Waals surface area contributed by atoms with Crippen LogP contribution >= 0.6 is 0 Å². The van der Waals surface area contributed by atoms with Crippen molar-refractivity contribution in [3.8, 4) is 0 Å². The lowest BCUT2D eigenvalue weighted by molar-refractivity contribution is -0.162. The molecule has 136 valence electrons. The van der Waals surface area contributed by atoms with Gasteiger partial charge in [0.25, 0.3) is 0 Å². The van der Waals surface area contributed by atoms with Gasteiger partial charge in [0.2, 0.25) is 0 Å². The van der Waals surface area contributed by atoms with Crippen LogP contribution in [-0.4, -0.2) is 48.4 Å². The molecule has 1 fully saturated rings.